The lowest BCUT2D eigenvalue weighted by Gasteiger charge is -2.09. The Bertz CT molecular complexity index is 870. The van der Waals surface area contributed by atoms with Gasteiger partial charge in [0.25, 0.3) is 0 Å². The zero-order valence-corrected chi connectivity index (χ0v) is 12.5. The van der Waals surface area contributed by atoms with Crippen molar-refractivity contribution in [3.05, 3.63) is 63.4 Å². The summed E-state index contributed by atoms with van der Waals surface area (Å²) in [5.74, 6) is -0.517. The molecule has 3 aromatic rings. The molecular weight excluding hydrogens is 290 g/mol. The van der Waals surface area contributed by atoms with Crippen LogP contribution in [0.5, 0.6) is 0 Å². The van der Waals surface area contributed by atoms with Crippen LogP contribution in [0.25, 0.3) is 11.0 Å². The lowest BCUT2D eigenvalue weighted by molar-refractivity contribution is 0.607. The average Bonchev–Trinajstić information content (AvgIpc) is 2.75. The Kier molecular flexibility index (Phi) is 3.37. The molecule has 21 heavy (non-hydrogen) atoms. The van der Waals surface area contributed by atoms with Crippen molar-refractivity contribution in [2.45, 2.75) is 20.4 Å². The van der Waals surface area contributed by atoms with Crippen molar-refractivity contribution >= 4 is 23.3 Å². The average molecular weight is 304 g/mol. The van der Waals surface area contributed by atoms with Gasteiger partial charge in [-0.1, -0.05) is 18.2 Å². The summed E-state index contributed by atoms with van der Waals surface area (Å²) in [5, 5.41) is 0. The van der Waals surface area contributed by atoms with Crippen molar-refractivity contribution in [3.63, 3.8) is 0 Å². The van der Waals surface area contributed by atoms with Crippen molar-refractivity contribution < 1.29 is 8.78 Å². The molecule has 1 aromatic heterocycles. The van der Waals surface area contributed by atoms with Gasteiger partial charge in [0.1, 0.15) is 17.2 Å². The minimum atomic E-state index is -0.330. The highest BCUT2D eigenvalue weighted by Gasteiger charge is 2.10. The van der Waals surface area contributed by atoms with Crippen LogP contribution in [0.1, 0.15) is 16.7 Å². The summed E-state index contributed by atoms with van der Waals surface area (Å²) in [6.07, 6.45) is 0. The van der Waals surface area contributed by atoms with E-state index >= 15 is 0 Å². The van der Waals surface area contributed by atoms with Gasteiger partial charge in [0.05, 0.1) is 12.1 Å². The van der Waals surface area contributed by atoms with E-state index in [1.165, 1.54) is 6.07 Å². The van der Waals surface area contributed by atoms with Crippen LogP contribution >= 0.6 is 12.2 Å². The second-order valence-electron chi connectivity index (χ2n) is 5.19. The number of nitrogens with zero attached hydrogens (tertiary/aromatic N) is 1. The number of fused-ring (bicyclic) bond motifs is 1. The number of hydrogen-bond acceptors (Lipinski definition) is 1. The minimum absolute atomic E-state index is 0.188. The summed E-state index contributed by atoms with van der Waals surface area (Å²) in [6.45, 7) is 3.95. The molecule has 0 unspecified atom stereocenters. The SMILES string of the molecule is Cc1cc(Cn2c(=S)[nH]c3c(F)cccc32)cc(C)c1F. The second-order valence-corrected chi connectivity index (χ2v) is 5.58. The Balaban J connectivity index is 2.13. The molecule has 0 aliphatic carbocycles. The molecule has 0 amide bonds. The van der Waals surface area contributed by atoms with Crippen molar-refractivity contribution in [2.24, 2.45) is 0 Å². The van der Waals surface area contributed by atoms with E-state index in [9.17, 15) is 8.78 Å². The molecule has 3 rings (SSSR count). The highest BCUT2D eigenvalue weighted by atomic mass is 32.1. The molecule has 0 bridgehead atoms. The van der Waals surface area contributed by atoms with Crippen LogP contribution in [0, 0.1) is 30.3 Å². The molecule has 5 heteroatoms. The first-order valence-electron chi connectivity index (χ1n) is 6.60. The molecule has 0 saturated carbocycles. The van der Waals surface area contributed by atoms with E-state index in [0.717, 1.165) is 5.56 Å². The van der Waals surface area contributed by atoms with E-state index in [4.69, 9.17) is 12.2 Å². The fourth-order valence-electron chi connectivity index (χ4n) is 2.61. The van der Waals surface area contributed by atoms with E-state index in [0.29, 0.717) is 33.5 Å². The maximum Gasteiger partial charge on any atom is 0.178 e. The van der Waals surface area contributed by atoms with Crippen molar-refractivity contribution in [2.75, 3.05) is 0 Å². The number of imidazole rings is 1. The molecule has 0 spiro atoms. The zero-order chi connectivity index (χ0) is 15.1. The third-order valence-electron chi connectivity index (χ3n) is 3.60. The van der Waals surface area contributed by atoms with Crippen LogP contribution < -0.4 is 0 Å². The monoisotopic (exact) mass is 304 g/mol. The van der Waals surface area contributed by atoms with Gasteiger partial charge in [0.15, 0.2) is 4.77 Å². The first-order valence-corrected chi connectivity index (χ1v) is 7.01. The summed E-state index contributed by atoms with van der Waals surface area (Å²) < 4.78 is 29.7. The summed E-state index contributed by atoms with van der Waals surface area (Å²) in [4.78, 5) is 2.88. The van der Waals surface area contributed by atoms with E-state index in [2.05, 4.69) is 4.98 Å². The van der Waals surface area contributed by atoms with Crippen molar-refractivity contribution in [1.82, 2.24) is 9.55 Å². The van der Waals surface area contributed by atoms with Crippen LogP contribution in [0.3, 0.4) is 0 Å². The van der Waals surface area contributed by atoms with Gasteiger partial charge in [-0.3, -0.25) is 0 Å². The molecule has 0 aliphatic heterocycles. The summed E-state index contributed by atoms with van der Waals surface area (Å²) in [6, 6.07) is 8.44. The third-order valence-corrected chi connectivity index (χ3v) is 3.92. The fourth-order valence-corrected chi connectivity index (χ4v) is 2.88. The quantitative estimate of drug-likeness (QED) is 0.684. The minimum Gasteiger partial charge on any atom is -0.328 e. The molecule has 0 radical (unpaired) electrons. The van der Waals surface area contributed by atoms with Crippen LogP contribution in [-0.2, 0) is 6.54 Å². The van der Waals surface area contributed by atoms with Gasteiger partial charge in [-0.15, -0.1) is 0 Å². The van der Waals surface area contributed by atoms with Gasteiger partial charge in [0, 0.05) is 0 Å². The summed E-state index contributed by atoms with van der Waals surface area (Å²) >= 11 is 5.27. The number of hydrogen-bond donors (Lipinski definition) is 1. The van der Waals surface area contributed by atoms with E-state index in [-0.39, 0.29) is 11.6 Å². The molecule has 1 N–H and O–H groups in total. The number of aromatic nitrogens is 2. The van der Waals surface area contributed by atoms with E-state index < -0.39 is 0 Å². The number of H-pyrrole nitrogens is 1. The fraction of sp³-hybridized carbons (Fsp3) is 0.188. The van der Waals surface area contributed by atoms with Gasteiger partial charge in [-0.2, -0.15) is 0 Å². The molecule has 1 heterocycles. The highest BCUT2D eigenvalue weighted by molar-refractivity contribution is 7.71. The Morgan fingerprint density at radius 3 is 2.48 bits per heavy atom. The number of halogens is 2. The number of para-hydroxylation sites is 1. The number of rotatable bonds is 2. The number of benzene rings is 2. The first kappa shape index (κ1) is 13.9. The first-order chi connectivity index (χ1) is 9.97. The third kappa shape index (κ3) is 2.38. The number of nitrogens with one attached hydrogen (secondary N) is 1. The second kappa shape index (κ2) is 5.07. The smallest absolute Gasteiger partial charge is 0.178 e. The van der Waals surface area contributed by atoms with Crippen LogP contribution in [-0.4, -0.2) is 9.55 Å². The van der Waals surface area contributed by atoms with Crippen LogP contribution in [0.15, 0.2) is 30.3 Å². The van der Waals surface area contributed by atoms with Gasteiger partial charge >= 0.3 is 0 Å². The van der Waals surface area contributed by atoms with Gasteiger partial charge in [-0.05, 0) is 54.9 Å². The van der Waals surface area contributed by atoms with Crippen LogP contribution in [0.4, 0.5) is 8.78 Å². The maximum atomic E-state index is 13.8. The lowest BCUT2D eigenvalue weighted by atomic mass is 10.1. The topological polar surface area (TPSA) is 20.7 Å². The molecule has 108 valence electrons. The molecule has 2 nitrogen and oxygen atoms in total. The van der Waals surface area contributed by atoms with Gasteiger partial charge in [-0.25, -0.2) is 8.78 Å². The Morgan fingerprint density at radius 1 is 1.14 bits per heavy atom. The predicted molar refractivity (Wildman–Crippen MR) is 82.1 cm³/mol. The van der Waals surface area contributed by atoms with Gasteiger partial charge < -0.3 is 9.55 Å². The van der Waals surface area contributed by atoms with Crippen molar-refractivity contribution in [1.29, 1.82) is 0 Å². The Labute approximate surface area is 126 Å². The maximum absolute atomic E-state index is 13.8. The van der Waals surface area contributed by atoms with E-state index in [1.54, 1.807) is 32.0 Å². The summed E-state index contributed by atoms with van der Waals surface area (Å²) in [5.41, 5.74) is 3.25. The molecule has 0 aliphatic rings. The van der Waals surface area contributed by atoms with Crippen molar-refractivity contribution in [3.8, 4) is 0 Å². The predicted octanol–water partition coefficient (Wildman–Crippen LogP) is 4.64. The summed E-state index contributed by atoms with van der Waals surface area (Å²) in [7, 11) is 0. The molecule has 0 fully saturated rings. The Hall–Kier alpha value is -2.01. The number of aromatic amines is 1. The normalized spacial score (nSPS) is 11.2. The molecule has 0 saturated heterocycles. The molecule has 0 atom stereocenters. The lowest BCUT2D eigenvalue weighted by Crippen LogP contribution is -2.02. The molecule has 2 aromatic carbocycles. The molecular formula is C16H14F2N2S. The number of aryl methyl sites for hydroxylation is 2. The Morgan fingerprint density at radius 2 is 1.81 bits per heavy atom. The standard InChI is InChI=1S/C16H14F2N2S/c1-9-6-11(7-10(2)14(9)18)8-20-13-5-3-4-12(17)15(13)19-16(20)21/h3-7H,8H2,1-2H3,(H,19,21). The zero-order valence-electron chi connectivity index (χ0n) is 11.7. The largest absolute Gasteiger partial charge is 0.328 e. The van der Waals surface area contributed by atoms with Gasteiger partial charge in [0.2, 0.25) is 0 Å². The van der Waals surface area contributed by atoms with Crippen LogP contribution in [0.2, 0.25) is 0 Å². The highest BCUT2D eigenvalue weighted by Crippen LogP contribution is 2.20. The van der Waals surface area contributed by atoms with E-state index in [1.807, 2.05) is 10.6 Å².